The van der Waals surface area contributed by atoms with E-state index in [1.54, 1.807) is 0 Å². The van der Waals surface area contributed by atoms with Crippen LogP contribution < -0.4 is 5.73 Å². The zero-order valence-corrected chi connectivity index (χ0v) is 6.55. The molecule has 0 bridgehead atoms. The molecule has 0 aromatic carbocycles. The molecule has 1 atom stereocenters. The van der Waals surface area contributed by atoms with E-state index in [2.05, 4.69) is 11.9 Å². The maximum absolute atomic E-state index is 5.47. The van der Waals surface area contributed by atoms with E-state index in [0.29, 0.717) is 6.10 Å². The van der Waals surface area contributed by atoms with Gasteiger partial charge in [0.15, 0.2) is 0 Å². The van der Waals surface area contributed by atoms with E-state index < -0.39 is 0 Å². The smallest absolute Gasteiger partial charge is 0.0714 e. The molecule has 3 nitrogen and oxygen atoms in total. The zero-order chi connectivity index (χ0) is 7.40. The zero-order valence-electron chi connectivity index (χ0n) is 6.55. The van der Waals surface area contributed by atoms with Crippen molar-refractivity contribution < 1.29 is 4.74 Å². The van der Waals surface area contributed by atoms with E-state index in [1.165, 1.54) is 0 Å². The fourth-order valence-electron chi connectivity index (χ4n) is 1.23. The van der Waals surface area contributed by atoms with Gasteiger partial charge in [0.25, 0.3) is 0 Å². The van der Waals surface area contributed by atoms with Crippen molar-refractivity contribution in [2.24, 2.45) is 5.73 Å². The monoisotopic (exact) mass is 144 g/mol. The predicted molar refractivity (Wildman–Crippen MR) is 40.9 cm³/mol. The Labute approximate surface area is 62.1 Å². The summed E-state index contributed by atoms with van der Waals surface area (Å²) in [6, 6.07) is 0. The number of nitrogens with zero attached hydrogens (tertiary/aromatic N) is 1. The van der Waals surface area contributed by atoms with Crippen molar-refractivity contribution >= 4 is 0 Å². The predicted octanol–water partition coefficient (Wildman–Crippen LogP) is -0.334. The number of hydrogen-bond donors (Lipinski definition) is 1. The summed E-state index contributed by atoms with van der Waals surface area (Å²) in [6.07, 6.45) is 1.37. The van der Waals surface area contributed by atoms with Crippen molar-refractivity contribution in [2.75, 3.05) is 33.3 Å². The summed E-state index contributed by atoms with van der Waals surface area (Å²) < 4.78 is 5.47. The summed E-state index contributed by atoms with van der Waals surface area (Å²) in [5, 5.41) is 0. The van der Waals surface area contributed by atoms with Crippen molar-refractivity contribution in [3.8, 4) is 0 Å². The van der Waals surface area contributed by atoms with Gasteiger partial charge in [0.05, 0.1) is 12.7 Å². The lowest BCUT2D eigenvalue weighted by Crippen LogP contribution is -2.40. The van der Waals surface area contributed by atoms with Gasteiger partial charge in [-0.25, -0.2) is 0 Å². The Kier molecular flexibility index (Phi) is 3.12. The Bertz CT molecular complexity index is 95.6. The summed E-state index contributed by atoms with van der Waals surface area (Å²) in [6.45, 7) is 3.69. The van der Waals surface area contributed by atoms with Gasteiger partial charge in [0.1, 0.15) is 0 Å². The molecule has 1 rings (SSSR count). The minimum atomic E-state index is 0.378. The van der Waals surface area contributed by atoms with Gasteiger partial charge >= 0.3 is 0 Å². The van der Waals surface area contributed by atoms with Gasteiger partial charge in [-0.05, 0) is 20.0 Å². The van der Waals surface area contributed by atoms with Crippen LogP contribution in [0.5, 0.6) is 0 Å². The maximum atomic E-state index is 5.47. The van der Waals surface area contributed by atoms with Crippen molar-refractivity contribution in [1.29, 1.82) is 0 Å². The highest BCUT2D eigenvalue weighted by atomic mass is 16.5. The molecule has 0 spiro atoms. The van der Waals surface area contributed by atoms with Crippen molar-refractivity contribution in [2.45, 2.75) is 12.5 Å². The molecule has 1 heterocycles. The molecule has 0 unspecified atom stereocenters. The Morgan fingerprint density at radius 2 is 2.50 bits per heavy atom. The number of nitrogens with two attached hydrogens (primary N) is 1. The van der Waals surface area contributed by atoms with Crippen LogP contribution in [0.15, 0.2) is 0 Å². The van der Waals surface area contributed by atoms with Crippen LogP contribution in [0.1, 0.15) is 6.42 Å². The molecule has 60 valence electrons. The standard InChI is InChI=1S/C7H16N2O/c1-9-4-5-10-7(6-9)2-3-8/h7H,2-6,8H2,1H3/t7-/m1/s1. The van der Waals surface area contributed by atoms with Crippen LogP contribution in [-0.4, -0.2) is 44.3 Å². The van der Waals surface area contributed by atoms with Gasteiger partial charge in [0, 0.05) is 13.1 Å². The summed E-state index contributed by atoms with van der Waals surface area (Å²) >= 11 is 0. The second kappa shape index (κ2) is 3.91. The number of likely N-dealkylation sites (N-methyl/N-ethyl adjacent to an activating group) is 1. The molecule has 0 amide bonds. The van der Waals surface area contributed by atoms with E-state index in [-0.39, 0.29) is 0 Å². The van der Waals surface area contributed by atoms with E-state index in [1.807, 2.05) is 0 Å². The minimum Gasteiger partial charge on any atom is -0.376 e. The summed E-state index contributed by atoms with van der Waals surface area (Å²) in [5.41, 5.74) is 5.41. The van der Waals surface area contributed by atoms with Gasteiger partial charge in [-0.2, -0.15) is 0 Å². The van der Waals surface area contributed by atoms with Crippen LogP contribution in [0.2, 0.25) is 0 Å². The van der Waals surface area contributed by atoms with Gasteiger partial charge in [-0.1, -0.05) is 0 Å². The second-order valence-electron chi connectivity index (χ2n) is 2.83. The summed E-state index contributed by atoms with van der Waals surface area (Å²) in [5.74, 6) is 0. The van der Waals surface area contributed by atoms with E-state index in [9.17, 15) is 0 Å². The molecule has 10 heavy (non-hydrogen) atoms. The Morgan fingerprint density at radius 3 is 3.10 bits per heavy atom. The van der Waals surface area contributed by atoms with Crippen LogP contribution in [0.4, 0.5) is 0 Å². The first-order valence-electron chi connectivity index (χ1n) is 3.83. The first-order valence-corrected chi connectivity index (χ1v) is 3.83. The highest BCUT2D eigenvalue weighted by Crippen LogP contribution is 2.04. The molecule has 0 aromatic rings. The van der Waals surface area contributed by atoms with E-state index in [0.717, 1.165) is 32.7 Å². The Morgan fingerprint density at radius 1 is 1.70 bits per heavy atom. The molecule has 0 aliphatic carbocycles. The lowest BCUT2D eigenvalue weighted by Gasteiger charge is -2.29. The highest BCUT2D eigenvalue weighted by Gasteiger charge is 2.15. The molecule has 0 aromatic heterocycles. The highest BCUT2D eigenvalue weighted by molar-refractivity contribution is 4.68. The van der Waals surface area contributed by atoms with Gasteiger partial charge in [0.2, 0.25) is 0 Å². The average molecular weight is 144 g/mol. The molecule has 1 aliphatic rings. The fourth-order valence-corrected chi connectivity index (χ4v) is 1.23. The number of morpholine rings is 1. The first kappa shape index (κ1) is 7.98. The van der Waals surface area contributed by atoms with Gasteiger partial charge in [-0.3, -0.25) is 0 Å². The maximum Gasteiger partial charge on any atom is 0.0714 e. The lowest BCUT2D eigenvalue weighted by atomic mass is 10.2. The third-order valence-corrected chi connectivity index (χ3v) is 1.83. The van der Waals surface area contributed by atoms with Crippen LogP contribution in [0, 0.1) is 0 Å². The molecular formula is C7H16N2O. The first-order chi connectivity index (χ1) is 4.83. The Hall–Kier alpha value is -0.120. The molecule has 2 N–H and O–H groups in total. The minimum absolute atomic E-state index is 0.378. The topological polar surface area (TPSA) is 38.5 Å². The number of ether oxygens (including phenoxy) is 1. The van der Waals surface area contributed by atoms with Crippen LogP contribution in [0.3, 0.4) is 0 Å². The quantitative estimate of drug-likeness (QED) is 0.576. The third-order valence-electron chi connectivity index (χ3n) is 1.83. The molecule has 1 aliphatic heterocycles. The molecule has 1 saturated heterocycles. The number of hydrogen-bond acceptors (Lipinski definition) is 3. The second-order valence-corrected chi connectivity index (χ2v) is 2.83. The third kappa shape index (κ3) is 2.25. The van der Waals surface area contributed by atoms with E-state index in [4.69, 9.17) is 10.5 Å². The molecule has 0 saturated carbocycles. The molecule has 0 radical (unpaired) electrons. The fraction of sp³-hybridized carbons (Fsp3) is 1.00. The molecule has 1 fully saturated rings. The van der Waals surface area contributed by atoms with Crippen molar-refractivity contribution in [1.82, 2.24) is 4.90 Å². The largest absolute Gasteiger partial charge is 0.376 e. The lowest BCUT2D eigenvalue weighted by molar-refractivity contribution is -0.0218. The van der Waals surface area contributed by atoms with Gasteiger partial charge < -0.3 is 15.4 Å². The van der Waals surface area contributed by atoms with Crippen molar-refractivity contribution in [3.63, 3.8) is 0 Å². The SMILES string of the molecule is CN1CCO[C@H](CCN)C1. The van der Waals surface area contributed by atoms with E-state index >= 15 is 0 Å². The molecule has 3 heteroatoms. The number of rotatable bonds is 2. The summed E-state index contributed by atoms with van der Waals surface area (Å²) in [7, 11) is 2.12. The molecular weight excluding hydrogens is 128 g/mol. The van der Waals surface area contributed by atoms with Crippen LogP contribution >= 0.6 is 0 Å². The van der Waals surface area contributed by atoms with Crippen LogP contribution in [-0.2, 0) is 4.74 Å². The summed E-state index contributed by atoms with van der Waals surface area (Å²) in [4.78, 5) is 2.28. The van der Waals surface area contributed by atoms with Gasteiger partial charge in [-0.15, -0.1) is 0 Å². The van der Waals surface area contributed by atoms with Crippen LogP contribution in [0.25, 0.3) is 0 Å². The Balaban J connectivity index is 2.18. The average Bonchev–Trinajstić information content (AvgIpc) is 1.88. The normalized spacial score (nSPS) is 28.8. The van der Waals surface area contributed by atoms with Crippen molar-refractivity contribution in [3.05, 3.63) is 0 Å².